The van der Waals surface area contributed by atoms with E-state index in [4.69, 9.17) is 9.83 Å². The predicted octanol–water partition coefficient (Wildman–Crippen LogP) is 3.89. The number of anilines is 1. The molecule has 0 aliphatic rings. The van der Waals surface area contributed by atoms with Gasteiger partial charge in [0.05, 0.1) is 5.56 Å². The van der Waals surface area contributed by atoms with E-state index in [9.17, 15) is 23.1 Å². The van der Waals surface area contributed by atoms with Crippen LogP contribution in [0.2, 0.25) is 0 Å². The molecule has 2 aromatic carbocycles. The van der Waals surface area contributed by atoms with Gasteiger partial charge in [0.25, 0.3) is 5.91 Å². The van der Waals surface area contributed by atoms with Gasteiger partial charge in [-0.15, -0.1) is 0 Å². The molecule has 0 aliphatic heterocycles. The molecule has 0 fully saturated rings. The molecular formula is C17H11F3N2O3. The molecule has 0 spiro atoms. The highest BCUT2D eigenvalue weighted by Crippen LogP contribution is 2.30. The summed E-state index contributed by atoms with van der Waals surface area (Å²) in [5.41, 5.74) is -1.35. The summed E-state index contributed by atoms with van der Waals surface area (Å²) >= 11 is 0. The monoisotopic (exact) mass is 348 g/mol. The van der Waals surface area contributed by atoms with Crippen LogP contribution in [0.15, 0.2) is 52.9 Å². The summed E-state index contributed by atoms with van der Waals surface area (Å²) in [6.07, 6.45) is -4.53. The zero-order valence-electron chi connectivity index (χ0n) is 12.5. The maximum absolute atomic E-state index is 12.7. The Hall–Kier alpha value is -3.29. The number of rotatable bonds is 2. The van der Waals surface area contributed by atoms with E-state index in [1.807, 2.05) is 0 Å². The topological polar surface area (TPSA) is 86.3 Å². The van der Waals surface area contributed by atoms with Crippen molar-refractivity contribution >= 4 is 22.6 Å². The van der Waals surface area contributed by atoms with E-state index in [0.717, 1.165) is 12.1 Å². The fourth-order valence-corrected chi connectivity index (χ4v) is 2.26. The number of benzene rings is 2. The van der Waals surface area contributed by atoms with Gasteiger partial charge in [-0.3, -0.25) is 10.2 Å². The third kappa shape index (κ3) is 3.47. The average molecular weight is 348 g/mol. The van der Waals surface area contributed by atoms with Gasteiger partial charge in [-0.25, -0.2) is 0 Å². The lowest BCUT2D eigenvalue weighted by Crippen LogP contribution is -2.21. The first-order valence-electron chi connectivity index (χ1n) is 7.04. The fourth-order valence-electron chi connectivity index (χ4n) is 2.26. The summed E-state index contributed by atoms with van der Waals surface area (Å²) in [5, 5.41) is 19.9. The summed E-state index contributed by atoms with van der Waals surface area (Å²) in [4.78, 5) is 12.3. The molecule has 0 atom stereocenters. The van der Waals surface area contributed by atoms with Crippen molar-refractivity contribution in [1.82, 2.24) is 0 Å². The van der Waals surface area contributed by atoms with Crippen LogP contribution >= 0.6 is 0 Å². The van der Waals surface area contributed by atoms with Crippen LogP contribution in [0.3, 0.4) is 0 Å². The third-order valence-corrected chi connectivity index (χ3v) is 3.45. The SMILES string of the molecule is N=c1oc2cc(O)ccc2cc1C(=O)Nc1cccc(C(F)(F)F)c1. The largest absolute Gasteiger partial charge is 0.508 e. The number of aromatic hydroxyl groups is 1. The van der Waals surface area contributed by atoms with Gasteiger partial charge in [-0.05, 0) is 36.4 Å². The van der Waals surface area contributed by atoms with Crippen LogP contribution < -0.4 is 10.9 Å². The maximum Gasteiger partial charge on any atom is 0.416 e. The number of nitrogens with one attached hydrogen (secondary N) is 2. The molecular weight excluding hydrogens is 337 g/mol. The molecule has 1 amide bonds. The summed E-state index contributed by atoms with van der Waals surface area (Å²) in [6, 6.07) is 9.72. The molecule has 0 radical (unpaired) electrons. The summed E-state index contributed by atoms with van der Waals surface area (Å²) in [6.45, 7) is 0. The average Bonchev–Trinajstić information content (AvgIpc) is 2.53. The van der Waals surface area contributed by atoms with E-state index in [0.29, 0.717) is 5.39 Å². The molecule has 0 aliphatic carbocycles. The van der Waals surface area contributed by atoms with Crippen molar-refractivity contribution in [3.8, 4) is 5.75 Å². The first kappa shape index (κ1) is 16.6. The normalized spacial score (nSPS) is 11.5. The zero-order valence-corrected chi connectivity index (χ0v) is 12.5. The molecule has 5 nitrogen and oxygen atoms in total. The van der Waals surface area contributed by atoms with Crippen LogP contribution in [0.5, 0.6) is 5.75 Å². The Morgan fingerprint density at radius 3 is 2.60 bits per heavy atom. The number of amides is 1. The van der Waals surface area contributed by atoms with Gasteiger partial charge >= 0.3 is 6.18 Å². The van der Waals surface area contributed by atoms with E-state index in [-0.39, 0.29) is 22.6 Å². The molecule has 3 rings (SSSR count). The highest BCUT2D eigenvalue weighted by atomic mass is 19.4. The molecule has 0 bridgehead atoms. The highest BCUT2D eigenvalue weighted by Gasteiger charge is 2.30. The Bertz CT molecular complexity index is 1030. The molecule has 3 N–H and O–H groups in total. The number of fused-ring (bicyclic) bond motifs is 1. The Morgan fingerprint density at radius 1 is 1.12 bits per heavy atom. The van der Waals surface area contributed by atoms with Gasteiger partial charge in [0.2, 0.25) is 5.55 Å². The Kier molecular flexibility index (Phi) is 3.96. The molecule has 1 heterocycles. The highest BCUT2D eigenvalue weighted by molar-refractivity contribution is 6.05. The number of hydrogen-bond donors (Lipinski definition) is 3. The van der Waals surface area contributed by atoms with Crippen molar-refractivity contribution < 1.29 is 27.5 Å². The lowest BCUT2D eigenvalue weighted by atomic mass is 10.1. The van der Waals surface area contributed by atoms with Gasteiger partial charge < -0.3 is 14.8 Å². The number of hydrogen-bond acceptors (Lipinski definition) is 4. The molecule has 3 aromatic rings. The Morgan fingerprint density at radius 2 is 1.88 bits per heavy atom. The quantitative estimate of drug-likeness (QED) is 0.657. The molecule has 0 unspecified atom stereocenters. The van der Waals surface area contributed by atoms with Crippen molar-refractivity contribution in [3.05, 3.63) is 65.2 Å². The predicted molar refractivity (Wildman–Crippen MR) is 83.1 cm³/mol. The van der Waals surface area contributed by atoms with Crippen LogP contribution in [0.1, 0.15) is 15.9 Å². The van der Waals surface area contributed by atoms with Gasteiger partial charge in [0.15, 0.2) is 0 Å². The van der Waals surface area contributed by atoms with Crippen LogP contribution in [-0.2, 0) is 6.18 Å². The number of halogens is 3. The van der Waals surface area contributed by atoms with Crippen molar-refractivity contribution in [2.45, 2.75) is 6.18 Å². The standard InChI is InChI=1S/C17H11F3N2O3/c18-17(19,20)10-2-1-3-11(7-10)22-16(24)13-6-9-4-5-12(23)8-14(9)25-15(13)21/h1-8,21,23H,(H,22,24). The molecule has 1 aromatic heterocycles. The minimum Gasteiger partial charge on any atom is -0.508 e. The van der Waals surface area contributed by atoms with E-state index >= 15 is 0 Å². The maximum atomic E-state index is 12.7. The molecule has 8 heteroatoms. The van der Waals surface area contributed by atoms with Crippen molar-refractivity contribution in [1.29, 1.82) is 5.41 Å². The first-order chi connectivity index (χ1) is 11.7. The zero-order chi connectivity index (χ0) is 18.2. The number of carbonyl (C=O) groups is 1. The molecule has 0 saturated carbocycles. The van der Waals surface area contributed by atoms with Gasteiger partial charge in [0.1, 0.15) is 16.9 Å². The van der Waals surface area contributed by atoms with Crippen LogP contribution in [0, 0.1) is 5.41 Å². The minimum absolute atomic E-state index is 0.0509. The fraction of sp³-hybridized carbons (Fsp3) is 0.0588. The van der Waals surface area contributed by atoms with Gasteiger partial charge in [0, 0.05) is 17.1 Å². The van der Waals surface area contributed by atoms with Crippen molar-refractivity contribution in [3.63, 3.8) is 0 Å². The van der Waals surface area contributed by atoms with E-state index in [2.05, 4.69) is 5.32 Å². The van der Waals surface area contributed by atoms with Crippen LogP contribution in [0.4, 0.5) is 18.9 Å². The van der Waals surface area contributed by atoms with Crippen molar-refractivity contribution in [2.75, 3.05) is 5.32 Å². The second kappa shape index (κ2) is 5.97. The summed E-state index contributed by atoms with van der Waals surface area (Å²) < 4.78 is 43.3. The van der Waals surface area contributed by atoms with Crippen molar-refractivity contribution in [2.24, 2.45) is 0 Å². The van der Waals surface area contributed by atoms with Gasteiger partial charge in [-0.2, -0.15) is 13.2 Å². The number of alkyl halides is 3. The number of carbonyl (C=O) groups excluding carboxylic acids is 1. The number of phenols is 1. The summed E-state index contributed by atoms with van der Waals surface area (Å²) in [5.74, 6) is -0.833. The molecule has 128 valence electrons. The lowest BCUT2D eigenvalue weighted by molar-refractivity contribution is -0.137. The second-order valence-electron chi connectivity index (χ2n) is 5.24. The van der Waals surface area contributed by atoms with E-state index in [1.54, 1.807) is 0 Å². The smallest absolute Gasteiger partial charge is 0.416 e. The summed E-state index contributed by atoms with van der Waals surface area (Å²) in [7, 11) is 0. The van der Waals surface area contributed by atoms with E-state index in [1.165, 1.54) is 36.4 Å². The molecule has 25 heavy (non-hydrogen) atoms. The minimum atomic E-state index is -4.53. The second-order valence-corrected chi connectivity index (χ2v) is 5.24. The van der Waals surface area contributed by atoms with Crippen LogP contribution in [0.25, 0.3) is 11.0 Å². The third-order valence-electron chi connectivity index (χ3n) is 3.45. The first-order valence-corrected chi connectivity index (χ1v) is 7.04. The van der Waals surface area contributed by atoms with E-state index < -0.39 is 23.2 Å². The number of phenolic OH excluding ortho intramolecular Hbond substituents is 1. The van der Waals surface area contributed by atoms with Gasteiger partial charge in [-0.1, -0.05) is 6.07 Å². The molecule has 0 saturated heterocycles. The Balaban J connectivity index is 1.94. The lowest BCUT2D eigenvalue weighted by Gasteiger charge is -2.10. The Labute approximate surface area is 138 Å². The van der Waals surface area contributed by atoms with Crippen LogP contribution in [-0.4, -0.2) is 11.0 Å².